The zero-order chi connectivity index (χ0) is 53.9. The minimum absolute atomic E-state index is 0.00646. The number of hydrogen-bond acceptors (Lipinski definition) is 13. The Balaban J connectivity index is 0.846. The summed E-state index contributed by atoms with van der Waals surface area (Å²) in [5, 5.41) is 3.63. The number of likely N-dealkylation sites (tertiary alicyclic amines) is 2. The number of nitrogens with one attached hydrogen (secondary N) is 1. The molecule has 3 aromatic heterocycles. The number of carbonyl (C=O) groups excluding carboxylic acids is 3. The Bertz CT molecular complexity index is 3050. The molecule has 1 N–H and O–H groups in total. The van der Waals surface area contributed by atoms with Crippen LogP contribution in [0.3, 0.4) is 0 Å². The van der Waals surface area contributed by atoms with Crippen molar-refractivity contribution in [3.8, 4) is 22.5 Å². The van der Waals surface area contributed by atoms with Crippen LogP contribution in [0.15, 0.2) is 29.8 Å². The molecule has 18 heteroatoms. The van der Waals surface area contributed by atoms with Crippen molar-refractivity contribution in [1.82, 2.24) is 44.5 Å². The van der Waals surface area contributed by atoms with Crippen LogP contribution in [0, 0.1) is 28.5 Å². The van der Waals surface area contributed by atoms with Gasteiger partial charge in [-0.25, -0.2) is 24.4 Å². The number of methoxy groups -OCH3 is 1. The van der Waals surface area contributed by atoms with Gasteiger partial charge in [0.25, 0.3) is 0 Å². The summed E-state index contributed by atoms with van der Waals surface area (Å²) < 4.78 is 33.9. The van der Waals surface area contributed by atoms with Crippen molar-refractivity contribution in [2.24, 2.45) is 22.7 Å². The third kappa shape index (κ3) is 9.43. The highest BCUT2D eigenvalue weighted by Crippen LogP contribution is 2.49. The number of thiazole rings is 1. The van der Waals surface area contributed by atoms with E-state index >= 15 is 9.18 Å². The molecule has 418 valence electrons. The Morgan fingerprint density at radius 2 is 1.76 bits per heavy atom. The van der Waals surface area contributed by atoms with E-state index in [9.17, 15) is 9.59 Å². The lowest BCUT2D eigenvalue weighted by molar-refractivity contribution is -0.600. The molecule has 8 fully saturated rings. The third-order valence-corrected chi connectivity index (χ3v) is 20.6. The van der Waals surface area contributed by atoms with Gasteiger partial charge in [0.1, 0.15) is 24.4 Å². The summed E-state index contributed by atoms with van der Waals surface area (Å²) in [5.41, 5.74) is 9.67. The predicted molar refractivity (Wildman–Crippen MR) is 300 cm³/mol. The lowest BCUT2D eigenvalue weighted by atomic mass is 9.86. The van der Waals surface area contributed by atoms with E-state index in [4.69, 9.17) is 19.4 Å². The standard InChI is InChI=1S/C60H81FN11O5S/c1-8-40-41-27-44(61)42-28-47(41)70(53(40)43-26-39(30-62-50(43)36(2)76-7)67-24-22-65(5)23-25-67)32-59(3,4)35-77-58(75)45-14-11-19-71(64-45)55-48(29-49-63-46(42)31-78-49)72(55)57(74)52(37-12-9-10-13-37)68-20-17-60(33-68)18-21-69(34-60)56(73)54-51(66(54)6)38-15-16-38/h26-28,30-31,36-38,45,48,51-52,54,64H,8-25,29,32-35H2,1-7H3/q+1/t36-,45-,48-,51+,52-,54+,60-,66?/m0/s1. The first kappa shape index (κ1) is 52.4. The predicted octanol–water partition coefficient (Wildman–Crippen LogP) is 6.98. The molecule has 2 aliphatic carbocycles. The number of amidine groups is 1. The smallest absolute Gasteiger partial charge is 0.332 e. The Morgan fingerprint density at radius 1 is 0.974 bits per heavy atom. The van der Waals surface area contributed by atoms with Crippen molar-refractivity contribution < 1.29 is 32.9 Å². The molecule has 1 spiro atoms. The molecule has 0 radical (unpaired) electrons. The maximum Gasteiger partial charge on any atom is 0.332 e. The van der Waals surface area contributed by atoms with Gasteiger partial charge in [0, 0.05) is 104 Å². The summed E-state index contributed by atoms with van der Waals surface area (Å²) in [6.45, 7) is 16.6. The number of pyridine rings is 1. The first-order valence-corrected chi connectivity index (χ1v) is 30.4. The van der Waals surface area contributed by atoms with E-state index in [1.807, 2.05) is 29.5 Å². The molecule has 13 rings (SSSR count). The minimum atomic E-state index is -0.584. The van der Waals surface area contributed by atoms with E-state index in [0.29, 0.717) is 61.5 Å². The largest absolute Gasteiger partial charge is 0.463 e. The molecule has 6 saturated heterocycles. The van der Waals surface area contributed by atoms with Crippen LogP contribution in [0.1, 0.15) is 114 Å². The van der Waals surface area contributed by atoms with E-state index < -0.39 is 11.5 Å². The summed E-state index contributed by atoms with van der Waals surface area (Å²) in [4.78, 5) is 68.0. The van der Waals surface area contributed by atoms with Gasteiger partial charge in [0.15, 0.2) is 6.04 Å². The summed E-state index contributed by atoms with van der Waals surface area (Å²) >= 11 is 1.51. The number of hydrazone groups is 1. The van der Waals surface area contributed by atoms with E-state index in [2.05, 4.69) is 80.1 Å². The number of aromatic nitrogens is 3. The molecule has 6 bridgehead atoms. The topological polar surface area (TPSA) is 134 Å². The first-order valence-electron chi connectivity index (χ1n) is 29.5. The van der Waals surface area contributed by atoms with Crippen molar-refractivity contribution in [2.75, 3.05) is 91.6 Å². The van der Waals surface area contributed by atoms with E-state index in [1.54, 1.807) is 13.2 Å². The molecule has 4 aromatic rings. The molecule has 1 aromatic carbocycles. The number of likely N-dealkylation sites (N-methyl/N-ethyl adjacent to an activating group) is 2. The number of rotatable bonds is 10. The number of esters is 1. The fraction of sp³-hybridized carbons (Fsp3) is 0.667. The van der Waals surface area contributed by atoms with Crippen molar-refractivity contribution >= 4 is 51.5 Å². The molecular formula is C60H81FN11O5S+. The number of carbonyl (C=O) groups is 3. The van der Waals surface area contributed by atoms with Crippen LogP contribution in [0.25, 0.3) is 33.4 Å². The van der Waals surface area contributed by atoms with Crippen LogP contribution < -0.4 is 10.3 Å². The number of piperazine rings is 1. The second-order valence-electron chi connectivity index (χ2n) is 25.7. The highest BCUT2D eigenvalue weighted by Gasteiger charge is 2.65. The molecule has 78 heavy (non-hydrogen) atoms. The lowest BCUT2D eigenvalue weighted by Gasteiger charge is -2.34. The highest BCUT2D eigenvalue weighted by atomic mass is 32.1. The number of nitrogens with zero attached hydrogens (tertiary/aromatic N) is 10. The number of hydrazine groups is 1. The minimum Gasteiger partial charge on any atom is -0.463 e. The van der Waals surface area contributed by atoms with E-state index in [0.717, 1.165) is 147 Å². The van der Waals surface area contributed by atoms with Crippen LogP contribution in [-0.2, 0) is 43.2 Å². The van der Waals surface area contributed by atoms with Gasteiger partial charge < -0.3 is 28.7 Å². The molecule has 7 aliphatic heterocycles. The summed E-state index contributed by atoms with van der Waals surface area (Å²) in [6.07, 6.45) is 12.9. The monoisotopic (exact) mass is 1090 g/mol. The molecule has 10 heterocycles. The number of amides is 2. The second-order valence-corrected chi connectivity index (χ2v) is 26.7. The SMILES string of the molecule is CCc1c(-c2cc(N3CCN(C)CC3)cnc2[C@H](C)OC)n2c3cc(c(F)cc13)-c1csc(n1)C[C@H]1/C(=[N+]3/CCC[C@H](N3)C(=O)OCC(C)(C)C2)N1C(=O)[C@H](C1CCCC1)N1CC[C@]2(CCN(C(=O)[C@H]3[C@@H](C4CC4)N3C)C2)C1. The fourth-order valence-electron chi connectivity index (χ4n) is 15.1. The zero-order valence-electron chi connectivity index (χ0n) is 47.1. The summed E-state index contributed by atoms with van der Waals surface area (Å²) in [5.74, 6) is 1.59. The molecule has 2 amide bonds. The Kier molecular flexibility index (Phi) is 13.6. The summed E-state index contributed by atoms with van der Waals surface area (Å²) in [7, 11) is 5.98. The number of anilines is 1. The number of fused-ring (bicyclic) bond motifs is 7. The number of hydrogen-bond donors (Lipinski definition) is 1. The molecule has 1 unspecified atom stereocenters. The van der Waals surface area contributed by atoms with Gasteiger partial charge in [-0.1, -0.05) is 33.6 Å². The zero-order valence-corrected chi connectivity index (χ0v) is 47.9. The maximum absolute atomic E-state index is 17.1. The van der Waals surface area contributed by atoms with Gasteiger partial charge in [-0.3, -0.25) is 19.6 Å². The number of aryl methyl sites for hydroxylation is 1. The van der Waals surface area contributed by atoms with Crippen molar-refractivity contribution in [1.29, 1.82) is 0 Å². The molecule has 9 aliphatic rings. The fourth-order valence-corrected chi connectivity index (χ4v) is 15.9. The van der Waals surface area contributed by atoms with Gasteiger partial charge in [-0.2, -0.15) is 9.58 Å². The van der Waals surface area contributed by atoms with Crippen LogP contribution in [0.2, 0.25) is 0 Å². The number of cyclic esters (lactones) is 1. The van der Waals surface area contributed by atoms with Crippen molar-refractivity contribution in [3.63, 3.8) is 0 Å². The third-order valence-electron chi connectivity index (χ3n) is 19.7. The molecular weight excluding hydrogens is 1010 g/mol. The highest BCUT2D eigenvalue weighted by molar-refractivity contribution is 7.10. The van der Waals surface area contributed by atoms with Crippen LogP contribution in [-0.4, -0.2) is 184 Å². The summed E-state index contributed by atoms with van der Waals surface area (Å²) in [6, 6.07) is 5.24. The van der Waals surface area contributed by atoms with Crippen molar-refractivity contribution in [2.45, 2.75) is 148 Å². The Hall–Kier alpha value is -5.01. The van der Waals surface area contributed by atoms with Gasteiger partial charge in [-0.05, 0) is 121 Å². The number of benzene rings is 1. The molecule has 2 saturated carbocycles. The maximum atomic E-state index is 17.1. The van der Waals surface area contributed by atoms with Gasteiger partial charge in [-0.15, -0.1) is 11.3 Å². The Morgan fingerprint density at radius 3 is 2.51 bits per heavy atom. The average Bonchev–Trinajstić information content (AvgIpc) is 4.45. The number of halogens is 1. The lowest BCUT2D eigenvalue weighted by Crippen LogP contribution is -2.51. The first-order chi connectivity index (χ1) is 37.6. The Labute approximate surface area is 463 Å². The van der Waals surface area contributed by atoms with Crippen LogP contribution in [0.5, 0.6) is 0 Å². The number of ether oxygens (including phenoxy) is 2. The van der Waals surface area contributed by atoms with Crippen LogP contribution in [0.4, 0.5) is 10.1 Å². The van der Waals surface area contributed by atoms with Gasteiger partial charge >= 0.3 is 17.7 Å². The van der Waals surface area contributed by atoms with E-state index in [1.165, 1.54) is 24.2 Å². The van der Waals surface area contributed by atoms with Gasteiger partial charge in [0.05, 0.1) is 53.1 Å². The normalized spacial score (nSPS) is 30.4. The molecule has 16 nitrogen and oxygen atoms in total. The van der Waals surface area contributed by atoms with E-state index in [-0.39, 0.29) is 59.9 Å². The average molecular weight is 1090 g/mol. The van der Waals surface area contributed by atoms with Gasteiger partial charge in [0.2, 0.25) is 11.9 Å². The second kappa shape index (κ2) is 20.2. The quantitative estimate of drug-likeness (QED) is 0.0999. The van der Waals surface area contributed by atoms with Crippen molar-refractivity contribution in [3.05, 3.63) is 51.9 Å². The molecule has 8 atom stereocenters. The van der Waals surface area contributed by atoms with Crippen LogP contribution >= 0.6 is 11.3 Å².